The quantitative estimate of drug-likeness (QED) is 0.393. The first kappa shape index (κ1) is 19.7. The Balaban J connectivity index is 2.10. The first-order valence-corrected chi connectivity index (χ1v) is 9.57. The Hall–Kier alpha value is -3.04. The van der Waals surface area contributed by atoms with Gasteiger partial charge in [0.2, 0.25) is 0 Å². The summed E-state index contributed by atoms with van der Waals surface area (Å²) >= 11 is 6.15. The van der Waals surface area contributed by atoms with Gasteiger partial charge < -0.3 is 9.84 Å². The molecule has 1 N–H and O–H groups in total. The normalized spacial score (nSPS) is 11.6. The van der Waals surface area contributed by atoms with Gasteiger partial charge in [0.1, 0.15) is 5.75 Å². The zero-order chi connectivity index (χ0) is 19.8. The molecule has 0 heterocycles. The van der Waals surface area contributed by atoms with Crippen LogP contribution in [0.15, 0.2) is 84.9 Å². The fourth-order valence-corrected chi connectivity index (χ4v) is 3.32. The van der Waals surface area contributed by atoms with E-state index in [1.165, 1.54) is 5.57 Å². The highest BCUT2D eigenvalue weighted by atomic mass is 35.5. The maximum Gasteiger partial charge on any atom is 0.341 e. The second-order valence-electron chi connectivity index (χ2n) is 6.23. The van der Waals surface area contributed by atoms with Crippen LogP contribution in [-0.4, -0.2) is 23.6 Å². The second kappa shape index (κ2) is 9.77. The monoisotopic (exact) mass is 392 g/mol. The number of carbonyl (C=O) groups is 1. The van der Waals surface area contributed by atoms with Crippen molar-refractivity contribution in [2.24, 2.45) is 0 Å². The third-order valence-electron chi connectivity index (χ3n) is 4.34. The van der Waals surface area contributed by atoms with Gasteiger partial charge in [0.25, 0.3) is 0 Å². The topological polar surface area (TPSA) is 46.5 Å². The van der Waals surface area contributed by atoms with E-state index in [9.17, 15) is 4.79 Å². The van der Waals surface area contributed by atoms with E-state index < -0.39 is 5.97 Å². The lowest BCUT2D eigenvalue weighted by molar-refractivity contribution is -0.139. The van der Waals surface area contributed by atoms with Crippen LogP contribution in [-0.2, 0) is 4.79 Å². The lowest BCUT2D eigenvalue weighted by Crippen LogP contribution is -2.09. The van der Waals surface area contributed by atoms with Crippen molar-refractivity contribution in [3.8, 4) is 5.75 Å². The average Bonchev–Trinajstić information content (AvgIpc) is 2.74. The van der Waals surface area contributed by atoms with Gasteiger partial charge in [-0.15, -0.1) is 11.6 Å². The number of halogens is 1. The average molecular weight is 393 g/mol. The van der Waals surface area contributed by atoms with E-state index in [2.05, 4.69) is 24.3 Å². The number of rotatable bonds is 8. The van der Waals surface area contributed by atoms with Crippen LogP contribution in [0.1, 0.15) is 23.1 Å². The minimum atomic E-state index is -0.998. The van der Waals surface area contributed by atoms with Crippen molar-refractivity contribution in [3.63, 3.8) is 0 Å². The summed E-state index contributed by atoms with van der Waals surface area (Å²) in [4.78, 5) is 10.7. The molecule has 0 aliphatic carbocycles. The lowest BCUT2D eigenvalue weighted by atomic mass is 9.88. The molecule has 3 aromatic carbocycles. The lowest BCUT2D eigenvalue weighted by Gasteiger charge is -2.17. The third-order valence-corrected chi connectivity index (χ3v) is 4.53. The van der Waals surface area contributed by atoms with Crippen molar-refractivity contribution in [1.82, 2.24) is 0 Å². The van der Waals surface area contributed by atoms with Gasteiger partial charge in [-0.3, -0.25) is 0 Å². The van der Waals surface area contributed by atoms with E-state index >= 15 is 0 Å². The van der Waals surface area contributed by atoms with Crippen molar-refractivity contribution in [2.45, 2.75) is 6.42 Å². The molecule has 0 aliphatic heterocycles. The smallest absolute Gasteiger partial charge is 0.341 e. The van der Waals surface area contributed by atoms with Gasteiger partial charge in [-0.05, 0) is 46.4 Å². The fraction of sp³-hybridized carbons (Fsp3) is 0.125. The Morgan fingerprint density at radius 1 is 0.786 bits per heavy atom. The summed E-state index contributed by atoms with van der Waals surface area (Å²) in [7, 11) is 0. The molecule has 0 aliphatic rings. The summed E-state index contributed by atoms with van der Waals surface area (Å²) in [6.07, 6.45) is 0.729. The Morgan fingerprint density at radius 3 is 1.86 bits per heavy atom. The first-order chi connectivity index (χ1) is 13.7. The van der Waals surface area contributed by atoms with Crippen LogP contribution < -0.4 is 4.74 Å². The van der Waals surface area contributed by atoms with Gasteiger partial charge in [0.15, 0.2) is 6.61 Å². The summed E-state index contributed by atoms with van der Waals surface area (Å²) in [5, 5.41) is 8.78. The molecule has 3 rings (SSSR count). The molecule has 142 valence electrons. The predicted octanol–water partition coefficient (Wildman–Crippen LogP) is 5.74. The summed E-state index contributed by atoms with van der Waals surface area (Å²) in [5.41, 5.74) is 5.54. The number of allylic oxidation sites excluding steroid dienone is 1. The number of hydrogen-bond acceptors (Lipinski definition) is 2. The number of ether oxygens (including phenoxy) is 1. The molecule has 28 heavy (non-hydrogen) atoms. The molecule has 0 bridgehead atoms. The van der Waals surface area contributed by atoms with E-state index in [0.29, 0.717) is 11.6 Å². The standard InChI is InChI=1S/C24H21ClO3/c25-16-15-22(18-7-3-1-4-8-18)24(19-9-5-2-6-10-19)20-11-13-21(14-12-20)28-17-23(26)27/h1-14H,15-17H2,(H,26,27)/b24-22-. The third kappa shape index (κ3) is 5.02. The first-order valence-electron chi connectivity index (χ1n) is 9.04. The van der Waals surface area contributed by atoms with Crippen molar-refractivity contribution in [1.29, 1.82) is 0 Å². The van der Waals surface area contributed by atoms with Crippen molar-refractivity contribution in [2.75, 3.05) is 12.5 Å². The van der Waals surface area contributed by atoms with Crippen LogP contribution in [0.4, 0.5) is 0 Å². The SMILES string of the molecule is O=C(O)COc1ccc(/C(=C(/CCCl)c2ccccc2)c2ccccc2)cc1. The highest BCUT2D eigenvalue weighted by Crippen LogP contribution is 2.35. The van der Waals surface area contributed by atoms with E-state index in [-0.39, 0.29) is 6.61 Å². The second-order valence-corrected chi connectivity index (χ2v) is 6.61. The van der Waals surface area contributed by atoms with Crippen LogP contribution >= 0.6 is 11.6 Å². The van der Waals surface area contributed by atoms with Crippen LogP contribution in [0.2, 0.25) is 0 Å². The molecular formula is C24H21ClO3. The van der Waals surface area contributed by atoms with Crippen molar-refractivity contribution in [3.05, 3.63) is 102 Å². The molecule has 0 amide bonds. The molecule has 0 saturated carbocycles. The zero-order valence-corrected chi connectivity index (χ0v) is 16.1. The number of carboxylic acids is 1. The number of benzene rings is 3. The Kier molecular flexibility index (Phi) is 6.88. The maximum atomic E-state index is 10.7. The molecule has 0 saturated heterocycles. The molecule has 3 aromatic rings. The summed E-state index contributed by atoms with van der Waals surface area (Å²) in [6, 6.07) is 27.9. The summed E-state index contributed by atoms with van der Waals surface area (Å²) in [5.74, 6) is 0.0417. The highest BCUT2D eigenvalue weighted by Gasteiger charge is 2.14. The molecule has 3 nitrogen and oxygen atoms in total. The molecule has 4 heteroatoms. The number of aliphatic carboxylic acids is 1. The van der Waals surface area contributed by atoms with Crippen molar-refractivity contribution < 1.29 is 14.6 Å². The Labute approximate surface area is 169 Å². The molecule has 0 atom stereocenters. The fourth-order valence-electron chi connectivity index (χ4n) is 3.13. The number of alkyl halides is 1. The minimum absolute atomic E-state index is 0.359. The van der Waals surface area contributed by atoms with Gasteiger partial charge in [0.05, 0.1) is 0 Å². The van der Waals surface area contributed by atoms with Gasteiger partial charge in [-0.25, -0.2) is 4.79 Å². The van der Waals surface area contributed by atoms with Gasteiger partial charge >= 0.3 is 5.97 Å². The number of carboxylic acid groups (broad SMARTS) is 1. The highest BCUT2D eigenvalue weighted by molar-refractivity contribution is 6.18. The summed E-state index contributed by atoms with van der Waals surface area (Å²) in [6.45, 7) is -0.359. The van der Waals surface area contributed by atoms with Gasteiger partial charge in [0, 0.05) is 5.88 Å². The van der Waals surface area contributed by atoms with E-state index in [4.69, 9.17) is 21.4 Å². The van der Waals surface area contributed by atoms with E-state index in [0.717, 1.165) is 28.7 Å². The Morgan fingerprint density at radius 2 is 1.32 bits per heavy atom. The number of hydrogen-bond donors (Lipinski definition) is 1. The van der Waals surface area contributed by atoms with E-state index in [1.807, 2.05) is 48.5 Å². The molecule has 0 fully saturated rings. The largest absolute Gasteiger partial charge is 0.482 e. The van der Waals surface area contributed by atoms with Crippen LogP contribution in [0.3, 0.4) is 0 Å². The van der Waals surface area contributed by atoms with Gasteiger partial charge in [-0.2, -0.15) is 0 Å². The molecule has 0 spiro atoms. The minimum Gasteiger partial charge on any atom is -0.482 e. The molecule has 0 radical (unpaired) electrons. The van der Waals surface area contributed by atoms with Crippen LogP contribution in [0.25, 0.3) is 11.1 Å². The van der Waals surface area contributed by atoms with E-state index in [1.54, 1.807) is 12.1 Å². The molecule has 0 unspecified atom stereocenters. The van der Waals surface area contributed by atoms with Gasteiger partial charge in [-0.1, -0.05) is 72.8 Å². The maximum absolute atomic E-state index is 10.7. The predicted molar refractivity (Wildman–Crippen MR) is 114 cm³/mol. The van der Waals surface area contributed by atoms with Crippen LogP contribution in [0.5, 0.6) is 5.75 Å². The zero-order valence-electron chi connectivity index (χ0n) is 15.3. The summed E-state index contributed by atoms with van der Waals surface area (Å²) < 4.78 is 5.26. The Bertz CT molecular complexity index is 933. The molecular weight excluding hydrogens is 372 g/mol. The van der Waals surface area contributed by atoms with Crippen LogP contribution in [0, 0.1) is 0 Å². The molecule has 0 aromatic heterocycles. The van der Waals surface area contributed by atoms with Crippen molar-refractivity contribution >= 4 is 28.7 Å².